The van der Waals surface area contributed by atoms with E-state index in [1.54, 1.807) is 6.08 Å². The molecule has 1 aliphatic rings. The number of carbonyl (C=O) groups excluding carboxylic acids is 2. The highest BCUT2D eigenvalue weighted by Crippen LogP contribution is 2.31. The molecular formula is C16H24O4S2. The number of carbonyl (C=O) groups is 2. The molecule has 0 fully saturated rings. The van der Waals surface area contributed by atoms with Crippen molar-refractivity contribution in [2.24, 2.45) is 11.8 Å². The van der Waals surface area contributed by atoms with Gasteiger partial charge in [-0.1, -0.05) is 37.6 Å². The van der Waals surface area contributed by atoms with Crippen molar-refractivity contribution in [1.82, 2.24) is 0 Å². The molecule has 22 heavy (non-hydrogen) atoms. The third kappa shape index (κ3) is 5.39. The molecule has 0 saturated heterocycles. The van der Waals surface area contributed by atoms with E-state index >= 15 is 0 Å². The Kier molecular flexibility index (Phi) is 8.10. The van der Waals surface area contributed by atoms with Gasteiger partial charge in [-0.15, -0.1) is 25.3 Å². The Labute approximate surface area is 143 Å². The molecule has 0 bridgehead atoms. The molecule has 0 saturated carbocycles. The summed E-state index contributed by atoms with van der Waals surface area (Å²) >= 11 is 8.35. The number of thiol groups is 2. The van der Waals surface area contributed by atoms with Crippen LogP contribution < -0.4 is 0 Å². The zero-order chi connectivity index (χ0) is 16.7. The SMILES string of the molecule is C/C=C1/C=CC(C(=O)OC(S)CC)C(C(=O)OC(S)CC)C1. The van der Waals surface area contributed by atoms with Crippen molar-refractivity contribution in [3.8, 4) is 0 Å². The van der Waals surface area contributed by atoms with E-state index < -0.39 is 34.6 Å². The molecule has 0 N–H and O–H groups in total. The first-order chi connectivity index (χ1) is 10.4. The van der Waals surface area contributed by atoms with Crippen LogP contribution in [0.1, 0.15) is 40.0 Å². The second-order valence-corrected chi connectivity index (χ2v) is 6.31. The average Bonchev–Trinajstić information content (AvgIpc) is 2.53. The highest BCUT2D eigenvalue weighted by Gasteiger charge is 2.37. The van der Waals surface area contributed by atoms with Gasteiger partial charge in [-0.2, -0.15) is 0 Å². The zero-order valence-electron chi connectivity index (χ0n) is 13.2. The van der Waals surface area contributed by atoms with Crippen molar-refractivity contribution in [3.63, 3.8) is 0 Å². The Balaban J connectivity index is 2.90. The van der Waals surface area contributed by atoms with Crippen LogP contribution in [-0.4, -0.2) is 22.8 Å². The molecule has 0 radical (unpaired) electrons. The van der Waals surface area contributed by atoms with E-state index in [1.165, 1.54) is 0 Å². The van der Waals surface area contributed by atoms with Crippen LogP contribution in [0.15, 0.2) is 23.8 Å². The second-order valence-electron chi connectivity index (χ2n) is 5.16. The topological polar surface area (TPSA) is 52.6 Å². The van der Waals surface area contributed by atoms with Gasteiger partial charge in [0.25, 0.3) is 0 Å². The summed E-state index contributed by atoms with van der Waals surface area (Å²) in [6, 6.07) is 0. The molecule has 0 aromatic rings. The highest BCUT2D eigenvalue weighted by molar-refractivity contribution is 7.80. The first-order valence-electron chi connectivity index (χ1n) is 7.53. The largest absolute Gasteiger partial charge is 0.451 e. The summed E-state index contributed by atoms with van der Waals surface area (Å²) in [5.74, 6) is -2.08. The van der Waals surface area contributed by atoms with Crippen LogP contribution in [0.2, 0.25) is 0 Å². The lowest BCUT2D eigenvalue weighted by atomic mass is 9.81. The lowest BCUT2D eigenvalue weighted by Crippen LogP contribution is -2.35. The minimum Gasteiger partial charge on any atom is -0.451 e. The molecule has 1 rings (SSSR count). The maximum absolute atomic E-state index is 12.3. The summed E-state index contributed by atoms with van der Waals surface area (Å²) in [5.41, 5.74) is 0.0717. The van der Waals surface area contributed by atoms with E-state index in [9.17, 15) is 9.59 Å². The third-order valence-electron chi connectivity index (χ3n) is 3.56. The molecule has 4 atom stereocenters. The first-order valence-corrected chi connectivity index (χ1v) is 8.56. The Morgan fingerprint density at radius 3 is 2.27 bits per heavy atom. The standard InChI is InChI=1S/C16H24O4S2/c1-4-10-7-8-11(15(17)19-13(21)5-2)12(9-10)16(18)20-14(22)6-3/h4,7-8,11-14,21-22H,5-6,9H2,1-3H3/b10-4-. The summed E-state index contributed by atoms with van der Waals surface area (Å²) in [5, 5.41) is 0. The molecule has 0 aromatic carbocycles. The van der Waals surface area contributed by atoms with Crippen molar-refractivity contribution in [2.45, 2.75) is 50.9 Å². The lowest BCUT2D eigenvalue weighted by Gasteiger charge is -2.27. The van der Waals surface area contributed by atoms with Gasteiger partial charge in [-0.25, -0.2) is 0 Å². The van der Waals surface area contributed by atoms with Crippen molar-refractivity contribution in [1.29, 1.82) is 0 Å². The van der Waals surface area contributed by atoms with Crippen LogP contribution in [0.5, 0.6) is 0 Å². The quantitative estimate of drug-likeness (QED) is 0.440. The number of ether oxygens (including phenoxy) is 2. The van der Waals surface area contributed by atoms with Crippen molar-refractivity contribution in [3.05, 3.63) is 23.8 Å². The van der Waals surface area contributed by atoms with Crippen molar-refractivity contribution < 1.29 is 19.1 Å². The average molecular weight is 344 g/mol. The molecule has 6 heteroatoms. The third-order valence-corrected chi connectivity index (χ3v) is 4.50. The van der Waals surface area contributed by atoms with Crippen LogP contribution in [0.4, 0.5) is 0 Å². The minimum atomic E-state index is -0.644. The van der Waals surface area contributed by atoms with E-state index in [2.05, 4.69) is 25.3 Å². The molecular weight excluding hydrogens is 320 g/mol. The molecule has 0 aliphatic heterocycles. The van der Waals surface area contributed by atoms with Gasteiger partial charge in [-0.05, 0) is 26.2 Å². The molecule has 0 amide bonds. The van der Waals surface area contributed by atoms with Crippen LogP contribution in [0.3, 0.4) is 0 Å². The van der Waals surface area contributed by atoms with Gasteiger partial charge in [0.05, 0.1) is 11.8 Å². The molecule has 4 nitrogen and oxygen atoms in total. The molecule has 0 heterocycles. The van der Waals surface area contributed by atoms with Crippen LogP contribution in [-0.2, 0) is 19.1 Å². The monoisotopic (exact) mass is 344 g/mol. The molecule has 0 spiro atoms. The maximum atomic E-state index is 12.3. The molecule has 124 valence electrons. The number of hydrogen-bond donors (Lipinski definition) is 2. The summed E-state index contributed by atoms with van der Waals surface area (Å²) in [4.78, 5) is 24.6. The van der Waals surface area contributed by atoms with Gasteiger partial charge in [0.1, 0.15) is 10.9 Å². The summed E-state index contributed by atoms with van der Waals surface area (Å²) < 4.78 is 10.5. The minimum absolute atomic E-state index is 0.417. The normalized spacial score (nSPS) is 25.6. The Hall–Kier alpha value is -0.880. The Morgan fingerprint density at radius 2 is 1.77 bits per heavy atom. The van der Waals surface area contributed by atoms with Gasteiger partial charge >= 0.3 is 11.9 Å². The fourth-order valence-corrected chi connectivity index (χ4v) is 2.31. The predicted molar refractivity (Wildman–Crippen MR) is 92.8 cm³/mol. The van der Waals surface area contributed by atoms with Gasteiger partial charge < -0.3 is 9.47 Å². The number of rotatable bonds is 6. The van der Waals surface area contributed by atoms with Crippen LogP contribution in [0, 0.1) is 11.8 Å². The number of allylic oxidation sites excluding steroid dienone is 3. The predicted octanol–water partition coefficient (Wildman–Crippen LogP) is 3.54. The molecule has 4 unspecified atom stereocenters. The summed E-state index contributed by atoms with van der Waals surface area (Å²) in [6.07, 6.45) is 7.16. The summed E-state index contributed by atoms with van der Waals surface area (Å²) in [6.45, 7) is 5.65. The van der Waals surface area contributed by atoms with E-state index in [0.717, 1.165) is 5.57 Å². The van der Waals surface area contributed by atoms with Crippen molar-refractivity contribution >= 4 is 37.2 Å². The van der Waals surface area contributed by atoms with E-state index in [-0.39, 0.29) is 0 Å². The first kappa shape index (κ1) is 19.2. The van der Waals surface area contributed by atoms with Gasteiger partial charge in [0, 0.05) is 0 Å². The second kappa shape index (κ2) is 9.30. The zero-order valence-corrected chi connectivity index (χ0v) is 15.0. The fraction of sp³-hybridized carbons (Fsp3) is 0.625. The van der Waals surface area contributed by atoms with E-state index in [1.807, 2.05) is 32.9 Å². The van der Waals surface area contributed by atoms with E-state index in [4.69, 9.17) is 9.47 Å². The Bertz CT molecular complexity index is 459. The summed E-state index contributed by atoms with van der Waals surface area (Å²) in [7, 11) is 0. The van der Waals surface area contributed by atoms with Gasteiger partial charge in [-0.3, -0.25) is 9.59 Å². The van der Waals surface area contributed by atoms with Crippen molar-refractivity contribution in [2.75, 3.05) is 0 Å². The number of esters is 2. The molecule has 1 aliphatic carbocycles. The highest BCUT2D eigenvalue weighted by atomic mass is 32.1. The van der Waals surface area contributed by atoms with E-state index in [0.29, 0.717) is 19.3 Å². The van der Waals surface area contributed by atoms with Gasteiger partial charge in [0.2, 0.25) is 0 Å². The van der Waals surface area contributed by atoms with Crippen LogP contribution >= 0.6 is 25.3 Å². The Morgan fingerprint density at radius 1 is 1.23 bits per heavy atom. The van der Waals surface area contributed by atoms with Crippen LogP contribution in [0.25, 0.3) is 0 Å². The fourth-order valence-electron chi connectivity index (χ4n) is 2.10. The smallest absolute Gasteiger partial charge is 0.314 e. The number of hydrogen-bond acceptors (Lipinski definition) is 6. The van der Waals surface area contributed by atoms with Gasteiger partial charge in [0.15, 0.2) is 0 Å². The molecule has 0 aromatic heterocycles. The maximum Gasteiger partial charge on any atom is 0.314 e. The lowest BCUT2D eigenvalue weighted by molar-refractivity contribution is -0.160.